The van der Waals surface area contributed by atoms with Gasteiger partial charge in [0.05, 0.1) is 4.92 Å². The fourth-order valence-electron chi connectivity index (χ4n) is 1.43. The first kappa shape index (κ1) is 18.8. The Bertz CT molecular complexity index is 560. The van der Waals surface area contributed by atoms with Gasteiger partial charge in [0, 0.05) is 17.7 Å². The van der Waals surface area contributed by atoms with Gasteiger partial charge in [0.1, 0.15) is 6.17 Å². The minimum Gasteiger partial charge on any atom is -0.330 e. The van der Waals surface area contributed by atoms with Gasteiger partial charge < -0.3 is 10.6 Å². The van der Waals surface area contributed by atoms with Crippen LogP contribution in [0.15, 0.2) is 24.3 Å². The predicted octanol–water partition coefficient (Wildman–Crippen LogP) is 2.43. The number of alkyl halides is 4. The van der Waals surface area contributed by atoms with Crippen LogP contribution in [0.5, 0.6) is 0 Å². The van der Waals surface area contributed by atoms with E-state index in [2.05, 4.69) is 10.6 Å². The SMILES string of the molecule is O=C(NC(NC(=O)C(Cl)Cl)c1cccc([N+](=O)[O-])c1)C(Cl)Cl. The van der Waals surface area contributed by atoms with E-state index < -0.39 is 32.6 Å². The number of amides is 2. The highest BCUT2D eigenvalue weighted by Crippen LogP contribution is 2.19. The summed E-state index contributed by atoms with van der Waals surface area (Å²) in [5.41, 5.74) is -0.00791. The Morgan fingerprint density at radius 2 is 1.55 bits per heavy atom. The van der Waals surface area contributed by atoms with Crippen LogP contribution in [0.1, 0.15) is 11.7 Å². The molecule has 0 aromatic heterocycles. The van der Waals surface area contributed by atoms with Gasteiger partial charge in [-0.2, -0.15) is 0 Å². The molecule has 1 aromatic carbocycles. The van der Waals surface area contributed by atoms with Crippen molar-refractivity contribution in [3.05, 3.63) is 39.9 Å². The van der Waals surface area contributed by atoms with Gasteiger partial charge in [0.15, 0.2) is 9.67 Å². The number of nitro benzene ring substituents is 1. The number of rotatable bonds is 6. The standard InChI is InChI=1S/C11H9Cl4N3O4/c12-7(13)10(19)16-9(17-11(20)8(14)15)5-2-1-3-6(4-5)18(21)22/h1-4,7-9H,(H,16,19)(H,17,20). The first-order chi connectivity index (χ1) is 10.2. The van der Waals surface area contributed by atoms with Crippen molar-refractivity contribution in [1.29, 1.82) is 0 Å². The average Bonchev–Trinajstić information content (AvgIpc) is 2.46. The number of carbonyl (C=O) groups is 2. The van der Waals surface area contributed by atoms with E-state index in [1.807, 2.05) is 0 Å². The maximum Gasteiger partial charge on any atom is 0.269 e. The maximum absolute atomic E-state index is 11.6. The molecule has 0 unspecified atom stereocenters. The second-order valence-electron chi connectivity index (χ2n) is 3.90. The zero-order valence-electron chi connectivity index (χ0n) is 10.6. The van der Waals surface area contributed by atoms with Crippen molar-refractivity contribution in [1.82, 2.24) is 10.6 Å². The molecule has 11 heteroatoms. The topological polar surface area (TPSA) is 101 Å². The van der Waals surface area contributed by atoms with E-state index in [-0.39, 0.29) is 11.3 Å². The van der Waals surface area contributed by atoms with Crippen molar-refractivity contribution in [2.24, 2.45) is 0 Å². The van der Waals surface area contributed by atoms with Crippen LogP contribution in [0.25, 0.3) is 0 Å². The van der Waals surface area contributed by atoms with Gasteiger partial charge in [-0.25, -0.2) is 0 Å². The summed E-state index contributed by atoms with van der Waals surface area (Å²) in [6.45, 7) is 0. The second-order valence-corrected chi connectivity index (χ2v) is 6.10. The Hall–Kier alpha value is -1.28. The summed E-state index contributed by atoms with van der Waals surface area (Å²) in [7, 11) is 0. The number of non-ortho nitro benzene ring substituents is 1. The summed E-state index contributed by atoms with van der Waals surface area (Å²) >= 11 is 21.7. The zero-order chi connectivity index (χ0) is 16.9. The predicted molar refractivity (Wildman–Crippen MR) is 83.1 cm³/mol. The average molecular weight is 389 g/mol. The van der Waals surface area contributed by atoms with E-state index in [0.29, 0.717) is 0 Å². The summed E-state index contributed by atoms with van der Waals surface area (Å²) in [6.07, 6.45) is -1.14. The molecule has 7 nitrogen and oxygen atoms in total. The van der Waals surface area contributed by atoms with Crippen LogP contribution in [0.4, 0.5) is 5.69 Å². The van der Waals surface area contributed by atoms with Crippen molar-refractivity contribution in [2.75, 3.05) is 0 Å². The molecule has 22 heavy (non-hydrogen) atoms. The third-order valence-electron chi connectivity index (χ3n) is 2.38. The van der Waals surface area contributed by atoms with Gasteiger partial charge in [0.25, 0.3) is 17.5 Å². The molecule has 2 N–H and O–H groups in total. The molecule has 0 aliphatic rings. The molecule has 0 fully saturated rings. The number of nitro groups is 1. The van der Waals surface area contributed by atoms with Crippen LogP contribution >= 0.6 is 46.4 Å². The summed E-state index contributed by atoms with van der Waals surface area (Å²) in [5.74, 6) is -1.61. The number of carbonyl (C=O) groups excluding carboxylic acids is 2. The molecular formula is C11H9Cl4N3O4. The van der Waals surface area contributed by atoms with Crippen molar-refractivity contribution in [3.8, 4) is 0 Å². The van der Waals surface area contributed by atoms with Gasteiger partial charge in [-0.15, -0.1) is 0 Å². The number of halogens is 4. The minimum absolute atomic E-state index is 0.221. The summed E-state index contributed by atoms with van der Waals surface area (Å²) in [6, 6.07) is 5.26. The Labute approximate surface area is 145 Å². The van der Waals surface area contributed by atoms with E-state index in [1.165, 1.54) is 24.3 Å². The summed E-state index contributed by atoms with van der Waals surface area (Å²) in [4.78, 5) is 30.5. The van der Waals surface area contributed by atoms with Gasteiger partial charge in [-0.1, -0.05) is 58.5 Å². The number of nitrogens with one attached hydrogen (secondary N) is 2. The van der Waals surface area contributed by atoms with E-state index in [4.69, 9.17) is 46.4 Å². The lowest BCUT2D eigenvalue weighted by Gasteiger charge is -2.21. The first-order valence-electron chi connectivity index (χ1n) is 5.63. The highest BCUT2D eigenvalue weighted by molar-refractivity contribution is 6.54. The fraction of sp³-hybridized carbons (Fsp3) is 0.273. The van der Waals surface area contributed by atoms with E-state index in [0.717, 1.165) is 0 Å². The van der Waals surface area contributed by atoms with Gasteiger partial charge in [-0.3, -0.25) is 19.7 Å². The Kier molecular flexibility index (Phi) is 7.15. The van der Waals surface area contributed by atoms with Gasteiger partial charge >= 0.3 is 0 Å². The normalized spacial score (nSPS) is 10.9. The Balaban J connectivity index is 3.07. The summed E-state index contributed by atoms with van der Waals surface area (Å²) in [5, 5.41) is 15.4. The third-order valence-corrected chi connectivity index (χ3v) is 3.18. The lowest BCUT2D eigenvalue weighted by molar-refractivity contribution is -0.384. The molecule has 0 aliphatic heterocycles. The number of nitrogens with zero attached hydrogens (tertiary/aromatic N) is 1. The fourth-order valence-corrected chi connectivity index (χ4v) is 1.68. The van der Waals surface area contributed by atoms with E-state index in [9.17, 15) is 19.7 Å². The number of hydrogen-bond donors (Lipinski definition) is 2. The molecule has 0 saturated carbocycles. The first-order valence-corrected chi connectivity index (χ1v) is 7.38. The monoisotopic (exact) mass is 387 g/mol. The Morgan fingerprint density at radius 1 is 1.05 bits per heavy atom. The molecule has 0 heterocycles. The molecular weight excluding hydrogens is 380 g/mol. The lowest BCUT2D eigenvalue weighted by Crippen LogP contribution is -2.44. The van der Waals surface area contributed by atoms with Crippen molar-refractivity contribution >= 4 is 63.9 Å². The van der Waals surface area contributed by atoms with Crippen molar-refractivity contribution in [2.45, 2.75) is 15.8 Å². The molecule has 0 spiro atoms. The smallest absolute Gasteiger partial charge is 0.269 e. The second kappa shape index (κ2) is 8.38. The van der Waals surface area contributed by atoms with Crippen LogP contribution in [0.3, 0.4) is 0 Å². The van der Waals surface area contributed by atoms with E-state index >= 15 is 0 Å². The van der Waals surface area contributed by atoms with Crippen LogP contribution in [-0.2, 0) is 9.59 Å². The molecule has 0 saturated heterocycles. The van der Waals surface area contributed by atoms with Gasteiger partial charge in [-0.05, 0) is 0 Å². The molecule has 0 radical (unpaired) electrons. The van der Waals surface area contributed by atoms with Gasteiger partial charge in [0.2, 0.25) is 0 Å². The zero-order valence-corrected chi connectivity index (χ0v) is 13.7. The van der Waals surface area contributed by atoms with Crippen molar-refractivity contribution in [3.63, 3.8) is 0 Å². The largest absolute Gasteiger partial charge is 0.330 e. The van der Waals surface area contributed by atoms with Crippen LogP contribution < -0.4 is 10.6 Å². The van der Waals surface area contributed by atoms with Crippen LogP contribution in [0.2, 0.25) is 0 Å². The third kappa shape index (κ3) is 5.49. The molecule has 1 rings (SSSR count). The molecule has 2 amide bonds. The molecule has 0 bridgehead atoms. The molecule has 120 valence electrons. The lowest BCUT2D eigenvalue weighted by atomic mass is 10.1. The molecule has 0 atom stereocenters. The maximum atomic E-state index is 11.6. The highest BCUT2D eigenvalue weighted by atomic mass is 35.5. The molecule has 0 aliphatic carbocycles. The van der Waals surface area contributed by atoms with Crippen molar-refractivity contribution < 1.29 is 14.5 Å². The van der Waals surface area contributed by atoms with E-state index in [1.54, 1.807) is 0 Å². The highest BCUT2D eigenvalue weighted by Gasteiger charge is 2.24. The number of benzene rings is 1. The van der Waals surface area contributed by atoms with Crippen LogP contribution in [0, 0.1) is 10.1 Å². The quantitative estimate of drug-likeness (QED) is 0.338. The van der Waals surface area contributed by atoms with Crippen LogP contribution in [-0.4, -0.2) is 26.4 Å². The number of hydrogen-bond acceptors (Lipinski definition) is 4. The minimum atomic E-state index is -1.39. The molecule has 1 aromatic rings. The Morgan fingerprint density at radius 3 is 1.95 bits per heavy atom. The summed E-state index contributed by atoms with van der Waals surface area (Å²) < 4.78 is 0.